The van der Waals surface area contributed by atoms with Gasteiger partial charge in [-0.1, -0.05) is 30.3 Å². The molecule has 9 heteroatoms. The van der Waals surface area contributed by atoms with Crippen molar-refractivity contribution in [3.05, 3.63) is 102 Å². The van der Waals surface area contributed by atoms with Crippen LogP contribution in [-0.4, -0.2) is 36.8 Å². The summed E-state index contributed by atoms with van der Waals surface area (Å²) in [5.41, 5.74) is 1.77. The van der Waals surface area contributed by atoms with E-state index in [1.165, 1.54) is 42.6 Å². The topological polar surface area (TPSA) is 94.5 Å². The molecule has 3 aromatic carbocycles. The lowest BCUT2D eigenvalue weighted by molar-refractivity contribution is 0.0129. The number of nitrogens with zero attached hydrogens (tertiary/aromatic N) is 1. The van der Waals surface area contributed by atoms with Gasteiger partial charge in [-0.15, -0.1) is 0 Å². The van der Waals surface area contributed by atoms with Crippen LogP contribution in [0.3, 0.4) is 0 Å². The zero-order chi connectivity index (χ0) is 26.7. The maximum Gasteiger partial charge on any atom is 0.268 e. The number of rotatable bonds is 8. The zero-order valence-corrected chi connectivity index (χ0v) is 21.4. The molecule has 1 saturated heterocycles. The van der Waals surface area contributed by atoms with Crippen molar-refractivity contribution < 1.29 is 27.1 Å². The SMILES string of the molecule is O=C(NCc1ccc(F)cc1)c1ccc(S(=O)(=O)n2cc(C(=O)CC3CCCCO3)c3ccccc32)cc1. The van der Waals surface area contributed by atoms with E-state index in [0.29, 0.717) is 23.1 Å². The highest BCUT2D eigenvalue weighted by atomic mass is 32.2. The van der Waals surface area contributed by atoms with Gasteiger partial charge in [-0.2, -0.15) is 0 Å². The average Bonchev–Trinajstić information content (AvgIpc) is 3.34. The Bertz CT molecular complexity index is 1570. The van der Waals surface area contributed by atoms with Crippen LogP contribution in [0.1, 0.15) is 52.0 Å². The van der Waals surface area contributed by atoms with E-state index in [2.05, 4.69) is 5.32 Å². The summed E-state index contributed by atoms with van der Waals surface area (Å²) in [6.07, 6.45) is 4.24. The molecule has 0 saturated carbocycles. The molecular formula is C29H27FN2O5S. The van der Waals surface area contributed by atoms with Gasteiger partial charge in [-0.3, -0.25) is 9.59 Å². The van der Waals surface area contributed by atoms with Crippen LogP contribution in [0.5, 0.6) is 0 Å². The monoisotopic (exact) mass is 534 g/mol. The summed E-state index contributed by atoms with van der Waals surface area (Å²) in [5, 5.41) is 3.30. The lowest BCUT2D eigenvalue weighted by Crippen LogP contribution is -2.23. The van der Waals surface area contributed by atoms with E-state index in [4.69, 9.17) is 4.74 Å². The molecule has 7 nitrogen and oxygen atoms in total. The molecule has 1 atom stereocenters. The molecule has 1 unspecified atom stereocenters. The largest absolute Gasteiger partial charge is 0.378 e. The number of aromatic nitrogens is 1. The predicted octanol–water partition coefficient (Wildman–Crippen LogP) is 5.09. The first-order chi connectivity index (χ1) is 18.3. The molecule has 1 aliphatic heterocycles. The van der Waals surface area contributed by atoms with Crippen LogP contribution in [0.25, 0.3) is 10.9 Å². The molecule has 5 rings (SSSR count). The second kappa shape index (κ2) is 10.9. The van der Waals surface area contributed by atoms with Crippen molar-refractivity contribution in [2.75, 3.05) is 6.61 Å². The third-order valence-electron chi connectivity index (χ3n) is 6.71. The normalized spacial score (nSPS) is 15.9. The molecule has 2 heterocycles. The Morgan fingerprint density at radius 3 is 2.42 bits per heavy atom. The number of ketones is 1. The van der Waals surface area contributed by atoms with Crippen molar-refractivity contribution in [1.29, 1.82) is 0 Å². The van der Waals surface area contributed by atoms with Crippen LogP contribution in [0.15, 0.2) is 83.9 Å². The zero-order valence-electron chi connectivity index (χ0n) is 20.6. The maximum absolute atomic E-state index is 13.6. The average molecular weight is 535 g/mol. The second-order valence-electron chi connectivity index (χ2n) is 9.31. The molecule has 1 amide bonds. The molecule has 38 heavy (non-hydrogen) atoms. The van der Waals surface area contributed by atoms with E-state index in [0.717, 1.165) is 28.8 Å². The number of ether oxygens (including phenoxy) is 1. The summed E-state index contributed by atoms with van der Waals surface area (Å²) in [6, 6.07) is 18.3. The Hall–Kier alpha value is -3.82. The van der Waals surface area contributed by atoms with Crippen LogP contribution in [0.4, 0.5) is 4.39 Å². The Morgan fingerprint density at radius 1 is 0.974 bits per heavy atom. The molecule has 1 N–H and O–H groups in total. The van der Waals surface area contributed by atoms with Gasteiger partial charge in [-0.25, -0.2) is 16.8 Å². The number of carbonyl (C=O) groups is 2. The van der Waals surface area contributed by atoms with Gasteiger partial charge in [0.15, 0.2) is 5.78 Å². The summed E-state index contributed by atoms with van der Waals surface area (Å²) in [7, 11) is -4.05. The van der Waals surface area contributed by atoms with Gasteiger partial charge in [0, 0.05) is 42.3 Å². The van der Waals surface area contributed by atoms with Crippen molar-refractivity contribution in [3.8, 4) is 0 Å². The summed E-state index contributed by atoms with van der Waals surface area (Å²) in [4.78, 5) is 25.7. The molecule has 196 valence electrons. The van der Waals surface area contributed by atoms with Crippen molar-refractivity contribution in [2.24, 2.45) is 0 Å². The van der Waals surface area contributed by atoms with Crippen molar-refractivity contribution in [1.82, 2.24) is 9.29 Å². The van der Waals surface area contributed by atoms with Gasteiger partial charge >= 0.3 is 0 Å². The molecule has 0 aliphatic carbocycles. The molecule has 1 aromatic heterocycles. The molecule has 1 aliphatic rings. The molecule has 0 bridgehead atoms. The van der Waals surface area contributed by atoms with E-state index < -0.39 is 10.0 Å². The summed E-state index contributed by atoms with van der Waals surface area (Å²) in [5.74, 6) is -0.903. The highest BCUT2D eigenvalue weighted by molar-refractivity contribution is 7.90. The number of benzene rings is 3. The minimum atomic E-state index is -4.05. The fourth-order valence-electron chi connectivity index (χ4n) is 4.63. The Balaban J connectivity index is 1.36. The third-order valence-corrected chi connectivity index (χ3v) is 8.39. The second-order valence-corrected chi connectivity index (χ2v) is 11.1. The quantitative estimate of drug-likeness (QED) is 0.318. The fraction of sp³-hybridized carbons (Fsp3) is 0.241. The van der Waals surface area contributed by atoms with Gasteiger partial charge < -0.3 is 10.1 Å². The maximum atomic E-state index is 13.6. The standard InChI is InChI=1S/C29H27FN2O5S/c30-22-12-8-20(9-13-22)18-31-29(34)21-10-14-24(15-11-21)38(35,36)32-19-26(25-6-1-2-7-27(25)32)28(33)17-23-5-3-4-16-37-23/h1-2,6-15,19,23H,3-5,16-18H2,(H,31,34). The lowest BCUT2D eigenvalue weighted by atomic mass is 10.00. The van der Waals surface area contributed by atoms with E-state index >= 15 is 0 Å². The molecule has 1 fully saturated rings. The number of para-hydroxylation sites is 1. The molecule has 0 spiro atoms. The number of hydrogen-bond donors (Lipinski definition) is 1. The number of amides is 1. The van der Waals surface area contributed by atoms with Crippen LogP contribution in [0.2, 0.25) is 0 Å². The first-order valence-electron chi connectivity index (χ1n) is 12.5. The van der Waals surface area contributed by atoms with Gasteiger partial charge in [-0.05, 0) is 67.3 Å². The Labute approximate surface area is 220 Å². The molecule has 0 radical (unpaired) electrons. The third kappa shape index (κ3) is 5.39. The first-order valence-corrected chi connectivity index (χ1v) is 13.9. The molecule has 4 aromatic rings. The van der Waals surface area contributed by atoms with E-state index in [1.54, 1.807) is 36.4 Å². The van der Waals surface area contributed by atoms with Crippen molar-refractivity contribution >= 4 is 32.6 Å². The number of nitrogens with one attached hydrogen (secondary N) is 1. The first kappa shape index (κ1) is 25.8. The Morgan fingerprint density at radius 2 is 1.71 bits per heavy atom. The van der Waals surface area contributed by atoms with Gasteiger partial charge in [0.2, 0.25) is 0 Å². The van der Waals surface area contributed by atoms with Crippen molar-refractivity contribution in [2.45, 2.75) is 43.2 Å². The van der Waals surface area contributed by atoms with Crippen LogP contribution < -0.4 is 5.32 Å². The minimum Gasteiger partial charge on any atom is -0.378 e. The van der Waals surface area contributed by atoms with Gasteiger partial charge in [0.05, 0.1) is 16.5 Å². The van der Waals surface area contributed by atoms with Gasteiger partial charge in [0.1, 0.15) is 5.82 Å². The van der Waals surface area contributed by atoms with Gasteiger partial charge in [0.25, 0.3) is 15.9 Å². The summed E-state index contributed by atoms with van der Waals surface area (Å²) in [6.45, 7) is 0.839. The highest BCUT2D eigenvalue weighted by Gasteiger charge is 2.26. The fourth-order valence-corrected chi connectivity index (χ4v) is 6.00. The predicted molar refractivity (Wildman–Crippen MR) is 141 cm³/mol. The van der Waals surface area contributed by atoms with Crippen molar-refractivity contribution in [3.63, 3.8) is 0 Å². The molecular weight excluding hydrogens is 507 g/mol. The van der Waals surface area contributed by atoms with E-state index in [1.807, 2.05) is 0 Å². The number of fused-ring (bicyclic) bond motifs is 1. The van der Waals surface area contributed by atoms with E-state index in [9.17, 15) is 22.4 Å². The highest BCUT2D eigenvalue weighted by Crippen LogP contribution is 2.28. The summed E-state index contributed by atoms with van der Waals surface area (Å²) >= 11 is 0. The number of hydrogen-bond acceptors (Lipinski definition) is 5. The number of halogens is 1. The van der Waals surface area contributed by atoms with Crippen LogP contribution >= 0.6 is 0 Å². The Kier molecular flexibility index (Phi) is 7.40. The van der Waals surface area contributed by atoms with Crippen LogP contribution in [0, 0.1) is 5.82 Å². The van der Waals surface area contributed by atoms with E-state index in [-0.39, 0.29) is 47.0 Å². The number of carbonyl (C=O) groups excluding carboxylic acids is 2. The number of Topliss-reactive ketones (excluding diaryl/α,β-unsaturated/α-hetero) is 1. The minimum absolute atomic E-state index is 0.0112. The summed E-state index contributed by atoms with van der Waals surface area (Å²) < 4.78 is 47.1. The lowest BCUT2D eigenvalue weighted by Gasteiger charge is -2.21. The smallest absolute Gasteiger partial charge is 0.268 e. The van der Waals surface area contributed by atoms with Crippen LogP contribution in [-0.2, 0) is 21.3 Å².